The predicted molar refractivity (Wildman–Crippen MR) is 80.8 cm³/mol. The number of hydrogen-bond donors (Lipinski definition) is 1. The van der Waals surface area contributed by atoms with Crippen LogP contribution in [0.1, 0.15) is 25.8 Å². The first kappa shape index (κ1) is 17.3. The van der Waals surface area contributed by atoms with E-state index < -0.39 is 5.97 Å². The first-order valence-corrected chi connectivity index (χ1v) is 7.09. The molecule has 0 fully saturated rings. The summed E-state index contributed by atoms with van der Waals surface area (Å²) < 4.78 is 5.44. The van der Waals surface area contributed by atoms with Crippen molar-refractivity contribution < 1.29 is 19.4 Å². The third kappa shape index (κ3) is 5.63. The second-order valence-corrected chi connectivity index (χ2v) is 5.43. The van der Waals surface area contributed by atoms with Gasteiger partial charge in [0.2, 0.25) is 0 Å². The van der Waals surface area contributed by atoms with Crippen LogP contribution in [-0.2, 0) is 9.59 Å². The highest BCUT2D eigenvalue weighted by Gasteiger charge is 2.18. The number of amides is 1. The minimum Gasteiger partial charge on any atom is -0.484 e. The maximum absolute atomic E-state index is 12.1. The molecule has 0 saturated heterocycles. The SMILES string of the molecule is Cc1cc(OCC(=O)N(CCC(=O)O)C(C)C)ccc1Cl. The molecule has 0 atom stereocenters. The predicted octanol–water partition coefficient (Wildman–Crippen LogP) is 2.74. The van der Waals surface area contributed by atoms with E-state index in [0.717, 1.165) is 5.56 Å². The zero-order valence-electron chi connectivity index (χ0n) is 12.4. The number of nitrogens with zero attached hydrogens (tertiary/aromatic N) is 1. The van der Waals surface area contributed by atoms with Crippen molar-refractivity contribution in [1.29, 1.82) is 0 Å². The summed E-state index contributed by atoms with van der Waals surface area (Å²) in [6, 6.07) is 5.08. The lowest BCUT2D eigenvalue weighted by molar-refractivity contribution is -0.139. The number of hydrogen-bond acceptors (Lipinski definition) is 3. The van der Waals surface area contributed by atoms with Gasteiger partial charge in [-0.1, -0.05) is 11.6 Å². The number of ether oxygens (including phenoxy) is 1. The minimum atomic E-state index is -0.928. The van der Waals surface area contributed by atoms with Gasteiger partial charge in [-0.2, -0.15) is 0 Å². The Bertz CT molecular complexity index is 516. The Kier molecular flexibility index (Phi) is 6.49. The molecule has 5 nitrogen and oxygen atoms in total. The molecule has 0 heterocycles. The van der Waals surface area contributed by atoms with Gasteiger partial charge >= 0.3 is 5.97 Å². The summed E-state index contributed by atoms with van der Waals surface area (Å²) in [6.45, 7) is 5.58. The van der Waals surface area contributed by atoms with Gasteiger partial charge in [-0.15, -0.1) is 0 Å². The lowest BCUT2D eigenvalue weighted by Crippen LogP contribution is -2.41. The van der Waals surface area contributed by atoms with Gasteiger partial charge in [-0.25, -0.2) is 0 Å². The molecule has 0 spiro atoms. The Labute approximate surface area is 129 Å². The van der Waals surface area contributed by atoms with Crippen LogP contribution in [-0.4, -0.2) is 41.1 Å². The standard InChI is InChI=1S/C15H20ClNO4/c1-10(2)17(7-6-15(19)20)14(18)9-21-12-4-5-13(16)11(3)8-12/h4-5,8,10H,6-7,9H2,1-3H3,(H,19,20). The number of aryl methyl sites for hydroxylation is 1. The second-order valence-electron chi connectivity index (χ2n) is 5.02. The van der Waals surface area contributed by atoms with Gasteiger partial charge in [-0.3, -0.25) is 9.59 Å². The van der Waals surface area contributed by atoms with Crippen molar-refractivity contribution in [3.05, 3.63) is 28.8 Å². The highest BCUT2D eigenvalue weighted by Crippen LogP contribution is 2.21. The quantitative estimate of drug-likeness (QED) is 0.840. The molecule has 1 amide bonds. The van der Waals surface area contributed by atoms with Crippen LogP contribution in [0.4, 0.5) is 0 Å². The van der Waals surface area contributed by atoms with Crippen LogP contribution in [0.2, 0.25) is 5.02 Å². The van der Waals surface area contributed by atoms with E-state index in [9.17, 15) is 9.59 Å². The highest BCUT2D eigenvalue weighted by molar-refractivity contribution is 6.31. The fourth-order valence-corrected chi connectivity index (χ4v) is 1.94. The van der Waals surface area contributed by atoms with Gasteiger partial charge in [0.15, 0.2) is 6.61 Å². The number of halogens is 1. The van der Waals surface area contributed by atoms with Crippen LogP contribution < -0.4 is 4.74 Å². The molecule has 1 aromatic carbocycles. The largest absolute Gasteiger partial charge is 0.484 e. The fraction of sp³-hybridized carbons (Fsp3) is 0.467. The number of carboxylic acids is 1. The molecular formula is C15H20ClNO4. The summed E-state index contributed by atoms with van der Waals surface area (Å²) >= 11 is 5.92. The van der Waals surface area contributed by atoms with E-state index in [1.807, 2.05) is 20.8 Å². The first-order chi connectivity index (χ1) is 9.81. The number of aliphatic carboxylic acids is 1. The van der Waals surface area contributed by atoms with Crippen molar-refractivity contribution >= 4 is 23.5 Å². The average molecular weight is 314 g/mol. The van der Waals surface area contributed by atoms with Crippen molar-refractivity contribution in [1.82, 2.24) is 4.90 Å². The van der Waals surface area contributed by atoms with Gasteiger partial charge in [0.1, 0.15) is 5.75 Å². The molecule has 0 unspecified atom stereocenters. The van der Waals surface area contributed by atoms with Crippen molar-refractivity contribution in [2.45, 2.75) is 33.2 Å². The Morgan fingerprint density at radius 1 is 1.38 bits per heavy atom. The lowest BCUT2D eigenvalue weighted by Gasteiger charge is -2.26. The molecule has 0 saturated carbocycles. The molecule has 0 radical (unpaired) electrons. The smallest absolute Gasteiger partial charge is 0.305 e. The Morgan fingerprint density at radius 3 is 2.57 bits per heavy atom. The Hall–Kier alpha value is -1.75. The van der Waals surface area contributed by atoms with Gasteiger partial charge < -0.3 is 14.7 Å². The number of carbonyl (C=O) groups excluding carboxylic acids is 1. The maximum atomic E-state index is 12.1. The van der Waals surface area contributed by atoms with Crippen LogP contribution in [0.15, 0.2) is 18.2 Å². The monoisotopic (exact) mass is 313 g/mol. The van der Waals surface area contributed by atoms with Crippen LogP contribution in [0, 0.1) is 6.92 Å². The van der Waals surface area contributed by atoms with E-state index in [-0.39, 0.29) is 31.5 Å². The van der Waals surface area contributed by atoms with E-state index in [2.05, 4.69) is 0 Å². The average Bonchev–Trinajstić information content (AvgIpc) is 2.39. The van der Waals surface area contributed by atoms with E-state index >= 15 is 0 Å². The van der Waals surface area contributed by atoms with E-state index in [1.54, 1.807) is 18.2 Å². The zero-order valence-corrected chi connectivity index (χ0v) is 13.2. The highest BCUT2D eigenvalue weighted by atomic mass is 35.5. The summed E-state index contributed by atoms with van der Waals surface area (Å²) in [6.07, 6.45) is -0.0794. The molecular weight excluding hydrogens is 294 g/mol. The minimum absolute atomic E-state index is 0.0765. The number of carboxylic acid groups (broad SMARTS) is 1. The normalized spacial score (nSPS) is 10.5. The van der Waals surface area contributed by atoms with E-state index in [1.165, 1.54) is 4.90 Å². The number of rotatable bonds is 7. The van der Waals surface area contributed by atoms with Crippen LogP contribution in [0.3, 0.4) is 0 Å². The summed E-state index contributed by atoms with van der Waals surface area (Å²) in [4.78, 5) is 24.2. The van der Waals surface area contributed by atoms with Crippen LogP contribution in [0.5, 0.6) is 5.75 Å². The third-order valence-corrected chi connectivity index (χ3v) is 3.43. The van der Waals surface area contributed by atoms with Crippen molar-refractivity contribution in [3.8, 4) is 5.75 Å². The van der Waals surface area contributed by atoms with Crippen LogP contribution in [0.25, 0.3) is 0 Å². The summed E-state index contributed by atoms with van der Waals surface area (Å²) in [5.74, 6) is -0.603. The maximum Gasteiger partial charge on any atom is 0.305 e. The molecule has 0 aliphatic carbocycles. The molecule has 1 N–H and O–H groups in total. The number of carbonyl (C=O) groups is 2. The summed E-state index contributed by atoms with van der Waals surface area (Å²) in [5.41, 5.74) is 0.869. The van der Waals surface area contributed by atoms with Gasteiger partial charge in [0.25, 0.3) is 5.91 Å². The molecule has 21 heavy (non-hydrogen) atoms. The van der Waals surface area contributed by atoms with Gasteiger partial charge in [-0.05, 0) is 44.5 Å². The Balaban J connectivity index is 2.60. The third-order valence-electron chi connectivity index (χ3n) is 3.00. The summed E-state index contributed by atoms with van der Waals surface area (Å²) in [5, 5.41) is 9.35. The first-order valence-electron chi connectivity index (χ1n) is 6.71. The second kappa shape index (κ2) is 7.88. The molecule has 0 aliphatic rings. The van der Waals surface area contributed by atoms with Crippen molar-refractivity contribution in [2.24, 2.45) is 0 Å². The topological polar surface area (TPSA) is 66.8 Å². The molecule has 0 aromatic heterocycles. The number of benzene rings is 1. The van der Waals surface area contributed by atoms with Crippen molar-refractivity contribution in [2.75, 3.05) is 13.2 Å². The van der Waals surface area contributed by atoms with Crippen molar-refractivity contribution in [3.63, 3.8) is 0 Å². The van der Waals surface area contributed by atoms with Gasteiger partial charge in [0, 0.05) is 17.6 Å². The van der Waals surface area contributed by atoms with Crippen LogP contribution >= 0.6 is 11.6 Å². The lowest BCUT2D eigenvalue weighted by atomic mass is 10.2. The van der Waals surface area contributed by atoms with Gasteiger partial charge in [0.05, 0.1) is 6.42 Å². The molecule has 1 aromatic rings. The molecule has 116 valence electrons. The fourth-order valence-electron chi connectivity index (χ4n) is 1.82. The summed E-state index contributed by atoms with van der Waals surface area (Å²) in [7, 11) is 0. The Morgan fingerprint density at radius 2 is 2.05 bits per heavy atom. The van der Waals surface area contributed by atoms with E-state index in [4.69, 9.17) is 21.4 Å². The molecule has 0 bridgehead atoms. The molecule has 0 aliphatic heterocycles. The van der Waals surface area contributed by atoms with E-state index in [0.29, 0.717) is 10.8 Å². The zero-order chi connectivity index (χ0) is 16.0. The molecule has 1 rings (SSSR count). The molecule has 6 heteroatoms.